The van der Waals surface area contributed by atoms with Gasteiger partial charge in [-0.3, -0.25) is 9.59 Å². The van der Waals surface area contributed by atoms with Gasteiger partial charge in [0.15, 0.2) is 37.2 Å². The molecule has 0 saturated carbocycles. The monoisotopic (exact) mass is 1040 g/mol. The van der Waals surface area contributed by atoms with Crippen LogP contribution in [0.25, 0.3) is 0 Å². The number of benzene rings is 2. The number of ketones is 2. The first-order valence-electron chi connectivity index (χ1n) is 26.6. The minimum absolute atomic E-state index is 0.0502. The number of fused-ring (bicyclic) bond motifs is 3. The number of likely N-dealkylation sites (N-methyl/N-ethyl adjacent to an activating group) is 2. The molecule has 0 bridgehead atoms. The summed E-state index contributed by atoms with van der Waals surface area (Å²) in [4.78, 5) is 32.5. The summed E-state index contributed by atoms with van der Waals surface area (Å²) >= 11 is 0. The Labute approximate surface area is 433 Å². The van der Waals surface area contributed by atoms with Crippen molar-refractivity contribution < 1.29 is 87.6 Å². The van der Waals surface area contributed by atoms with E-state index in [-0.39, 0.29) is 90.8 Å². The summed E-state index contributed by atoms with van der Waals surface area (Å²) in [7, 11) is 7.48. The number of aliphatic hydroxyl groups is 3. The van der Waals surface area contributed by atoms with Gasteiger partial charge in [-0.1, -0.05) is 19.1 Å². The molecular weight excluding hydrogens is 965 g/mol. The van der Waals surface area contributed by atoms with Crippen LogP contribution < -0.4 is 0 Å². The fraction of sp³-hybridized carbons (Fsp3) is 0.741. The first-order chi connectivity index (χ1) is 35.1. The van der Waals surface area contributed by atoms with Crippen LogP contribution in [0.1, 0.15) is 161 Å². The highest BCUT2D eigenvalue weighted by atomic mass is 16.7. The van der Waals surface area contributed by atoms with Gasteiger partial charge in [0, 0.05) is 67.3 Å². The minimum Gasteiger partial charge on any atom is -0.507 e. The summed E-state index contributed by atoms with van der Waals surface area (Å²) in [5.74, 6) is -3.52. The molecule has 412 valence electrons. The van der Waals surface area contributed by atoms with Gasteiger partial charge in [-0.15, -0.1) is 0 Å². The molecule has 2 aromatic rings. The highest BCUT2D eigenvalue weighted by Crippen LogP contribution is 2.58. The lowest BCUT2D eigenvalue weighted by Gasteiger charge is -2.49. The molecule has 6 N–H and O–H groups in total. The summed E-state index contributed by atoms with van der Waals surface area (Å²) in [6.45, 7) is 11.1. The molecule has 20 heteroatoms. The number of ether oxygens (including phenoxy) is 10. The quantitative estimate of drug-likeness (QED) is 0.126. The molecule has 5 fully saturated rings. The lowest BCUT2D eigenvalue weighted by molar-refractivity contribution is -0.321. The molecular formula is C54H78N2O18. The van der Waals surface area contributed by atoms with E-state index in [4.69, 9.17) is 47.4 Å². The van der Waals surface area contributed by atoms with Gasteiger partial charge in [0.05, 0.1) is 83.3 Å². The number of hydrogen-bond donors (Lipinski definition) is 6. The summed E-state index contributed by atoms with van der Waals surface area (Å²) in [6, 6.07) is 3.32. The number of aliphatic hydroxyl groups excluding tert-OH is 2. The number of hydrogen-bond acceptors (Lipinski definition) is 20. The Bertz CT molecular complexity index is 2350. The predicted molar refractivity (Wildman–Crippen MR) is 262 cm³/mol. The third kappa shape index (κ3) is 10.6. The Morgan fingerprint density at radius 2 is 1.12 bits per heavy atom. The molecule has 5 saturated heterocycles. The van der Waals surface area contributed by atoms with E-state index in [1.54, 1.807) is 13.8 Å². The first-order valence-corrected chi connectivity index (χ1v) is 26.6. The molecule has 0 spiro atoms. The zero-order valence-electron chi connectivity index (χ0n) is 44.2. The minimum atomic E-state index is -1.82. The smallest absolute Gasteiger partial charge is 0.202 e. The van der Waals surface area contributed by atoms with E-state index in [9.17, 15) is 40.2 Å². The van der Waals surface area contributed by atoms with Gasteiger partial charge in [0.1, 0.15) is 29.5 Å². The average molecular weight is 1040 g/mol. The molecule has 0 aromatic heterocycles. The molecule has 0 amide bonds. The van der Waals surface area contributed by atoms with Crippen molar-refractivity contribution in [1.82, 2.24) is 9.80 Å². The maximum absolute atomic E-state index is 14.3. The molecule has 2 aromatic carbocycles. The summed E-state index contributed by atoms with van der Waals surface area (Å²) in [6.07, 6.45) is -6.27. The highest BCUT2D eigenvalue weighted by Gasteiger charge is 2.55. The molecule has 5 aliphatic heterocycles. The molecule has 2 aliphatic carbocycles. The van der Waals surface area contributed by atoms with Crippen molar-refractivity contribution in [3.05, 3.63) is 51.6 Å². The average Bonchev–Trinajstić information content (AvgIpc) is 3.35. The third-order valence-corrected chi connectivity index (χ3v) is 16.7. The van der Waals surface area contributed by atoms with Crippen molar-refractivity contribution in [2.45, 2.75) is 228 Å². The van der Waals surface area contributed by atoms with Crippen LogP contribution in [-0.4, -0.2) is 190 Å². The lowest BCUT2D eigenvalue weighted by Crippen LogP contribution is -2.57. The second-order valence-electron chi connectivity index (χ2n) is 22.1. The number of rotatable bonds is 13. The third-order valence-electron chi connectivity index (χ3n) is 16.7. The Morgan fingerprint density at radius 3 is 1.72 bits per heavy atom. The first kappa shape index (κ1) is 55.3. The fourth-order valence-electron chi connectivity index (χ4n) is 12.3. The molecule has 0 radical (unpaired) electrons. The predicted octanol–water partition coefficient (Wildman–Crippen LogP) is 4.82. The van der Waals surface area contributed by atoms with Gasteiger partial charge in [0.25, 0.3) is 0 Å². The van der Waals surface area contributed by atoms with Crippen LogP contribution in [0.2, 0.25) is 0 Å². The number of phenolic OH excluding ortho intramolecular Hbond substituents is 3. The molecule has 17 unspecified atom stereocenters. The number of carbonyl (C=O) groups excluding carboxylic acids is 2. The van der Waals surface area contributed by atoms with Crippen molar-refractivity contribution in [2.24, 2.45) is 0 Å². The fourth-order valence-corrected chi connectivity index (χ4v) is 12.3. The summed E-state index contributed by atoms with van der Waals surface area (Å²) in [5, 5.41) is 69.5. The Morgan fingerprint density at radius 1 is 0.595 bits per heavy atom. The molecule has 7 aliphatic rings. The van der Waals surface area contributed by atoms with Crippen molar-refractivity contribution in [1.29, 1.82) is 0 Å². The van der Waals surface area contributed by atoms with Crippen LogP contribution in [0, 0.1) is 0 Å². The Hall–Kier alpha value is -3.42. The molecule has 74 heavy (non-hydrogen) atoms. The van der Waals surface area contributed by atoms with Crippen molar-refractivity contribution in [3.63, 3.8) is 0 Å². The van der Waals surface area contributed by atoms with Gasteiger partial charge in [0.2, 0.25) is 5.78 Å². The van der Waals surface area contributed by atoms with E-state index in [1.165, 1.54) is 18.2 Å². The number of nitrogens with zero attached hydrogens (tertiary/aromatic N) is 2. The maximum Gasteiger partial charge on any atom is 0.202 e. The van der Waals surface area contributed by atoms with Gasteiger partial charge in [-0.05, 0) is 94.6 Å². The van der Waals surface area contributed by atoms with Crippen molar-refractivity contribution in [3.8, 4) is 17.2 Å². The second kappa shape index (κ2) is 22.1. The number of aromatic hydroxyl groups is 3. The molecule has 9 rings (SSSR count). The second-order valence-corrected chi connectivity index (χ2v) is 22.1. The van der Waals surface area contributed by atoms with Crippen LogP contribution in [0.3, 0.4) is 0 Å². The van der Waals surface area contributed by atoms with Gasteiger partial charge < -0.3 is 87.8 Å². The Kier molecular flexibility index (Phi) is 16.6. The van der Waals surface area contributed by atoms with Gasteiger partial charge >= 0.3 is 0 Å². The van der Waals surface area contributed by atoms with Crippen molar-refractivity contribution in [2.75, 3.05) is 28.2 Å². The molecule has 20 nitrogen and oxygen atoms in total. The topological polar surface area (TPSA) is 254 Å². The highest BCUT2D eigenvalue weighted by molar-refractivity contribution is 6.31. The lowest BCUT2D eigenvalue weighted by atomic mass is 9.70. The maximum atomic E-state index is 14.3. The normalized spacial score (nSPS) is 40.7. The van der Waals surface area contributed by atoms with Gasteiger partial charge in [-0.2, -0.15) is 0 Å². The van der Waals surface area contributed by atoms with Crippen LogP contribution in [0.4, 0.5) is 0 Å². The van der Waals surface area contributed by atoms with Crippen LogP contribution in [0.5, 0.6) is 17.2 Å². The summed E-state index contributed by atoms with van der Waals surface area (Å²) < 4.78 is 64.3. The zero-order chi connectivity index (χ0) is 53.2. The standard InChI is InChI=1S/C54H78N2O18/c1-11-54(64)23-36(43-46(53(54)74-41-21-30(55(7)8)47(59)27(5)68-41)51(63)44-45(50(43)62)49(61)42-29(48(44)60)13-12-14-33(42)58)72-40-22-31(56(9)10)52(28(6)69-40)73-39-20-17-35(26(4)67-39)71-38-19-16-34(25(3)66-38)70-37-18-15-32(57)24(2)65-37/h12-14,24-28,30-32,34-41,47,52-53,57-59,62-64H,11,15-23H2,1-10H3/t24?,25?,26?,27?,28?,30?,31?,32?,34?,35?,36-,37?,38?,39?,40?,41?,47?,52?,53+,54+/m0/s1. The van der Waals surface area contributed by atoms with E-state index in [1.807, 2.05) is 65.7 Å². The van der Waals surface area contributed by atoms with E-state index in [0.29, 0.717) is 32.1 Å². The van der Waals surface area contributed by atoms with Crippen LogP contribution >= 0.6 is 0 Å². The van der Waals surface area contributed by atoms with Crippen LogP contribution in [0.15, 0.2) is 18.2 Å². The summed E-state index contributed by atoms with van der Waals surface area (Å²) in [5.41, 5.74) is -3.54. The molecule has 5 heterocycles. The van der Waals surface area contributed by atoms with Gasteiger partial charge in [-0.25, -0.2) is 0 Å². The molecule has 20 atom stereocenters. The van der Waals surface area contributed by atoms with Crippen LogP contribution in [-0.2, 0) is 47.4 Å². The SMILES string of the molecule is CC[C@@]1(O)C[C@H](OC2CC(N(C)C)C(OC3CCC(OC4CCC(OC5CCC(O)C(C)O5)C(C)O4)C(C)O3)C(C)O2)c2c(O)c3c(c(O)c2[C@H]1OC1CC(N(C)C)C(O)C(C)O1)C(=O)c1cccc(O)c1C3=O. The van der Waals surface area contributed by atoms with E-state index in [2.05, 4.69) is 0 Å². The Balaban J connectivity index is 0.915. The van der Waals surface area contributed by atoms with Crippen molar-refractivity contribution >= 4 is 11.6 Å². The number of carbonyl (C=O) groups is 2. The number of phenols is 3. The van der Waals surface area contributed by atoms with E-state index >= 15 is 0 Å². The zero-order valence-corrected chi connectivity index (χ0v) is 44.2. The van der Waals surface area contributed by atoms with E-state index in [0.717, 1.165) is 6.42 Å². The van der Waals surface area contributed by atoms with E-state index < -0.39 is 119 Å². The largest absolute Gasteiger partial charge is 0.507 e.